The van der Waals surface area contributed by atoms with Crippen molar-refractivity contribution in [3.05, 3.63) is 77.2 Å². The minimum absolute atomic E-state index is 0.0452. The van der Waals surface area contributed by atoms with Crippen LogP contribution < -0.4 is 5.32 Å². The summed E-state index contributed by atoms with van der Waals surface area (Å²) in [6.07, 6.45) is -2.86. The molecule has 0 radical (unpaired) electrons. The zero-order valence-corrected chi connectivity index (χ0v) is 18.0. The van der Waals surface area contributed by atoms with Crippen LogP contribution in [0.2, 0.25) is 0 Å². The zero-order chi connectivity index (χ0) is 24.1. The smallest absolute Gasteiger partial charge is 0.381 e. The molecule has 0 aliphatic carbocycles. The first kappa shape index (κ1) is 23.6. The molecular formula is C24H22F4N4O2. The van der Waals surface area contributed by atoms with Crippen LogP contribution in [-0.4, -0.2) is 41.2 Å². The molecule has 2 N–H and O–H groups in total. The third-order valence-electron chi connectivity index (χ3n) is 5.39. The molecule has 0 saturated carbocycles. The van der Waals surface area contributed by atoms with Crippen molar-refractivity contribution in [3.63, 3.8) is 0 Å². The molecule has 34 heavy (non-hydrogen) atoms. The third-order valence-corrected chi connectivity index (χ3v) is 5.39. The number of nitrogens with one attached hydrogen (secondary N) is 2. The van der Waals surface area contributed by atoms with E-state index in [4.69, 9.17) is 4.74 Å². The van der Waals surface area contributed by atoms with E-state index in [2.05, 4.69) is 20.5 Å². The van der Waals surface area contributed by atoms with Crippen molar-refractivity contribution in [3.8, 4) is 11.3 Å². The number of benzene rings is 2. The number of H-pyrrole nitrogens is 1. The largest absolute Gasteiger partial charge is 0.416 e. The molecule has 0 bridgehead atoms. The van der Waals surface area contributed by atoms with Crippen LogP contribution in [0.4, 0.5) is 17.6 Å². The SMILES string of the molecule is O=C(NC(Cc1cc(-c2ccc(F)cc2)n[nH]1)=NC1CCOCC1)c1ccc(C(F)(F)F)cc1. The van der Waals surface area contributed by atoms with Crippen molar-refractivity contribution in [1.82, 2.24) is 15.5 Å². The van der Waals surface area contributed by atoms with Gasteiger partial charge in [-0.25, -0.2) is 4.39 Å². The van der Waals surface area contributed by atoms with Crippen LogP contribution in [0.25, 0.3) is 11.3 Å². The van der Waals surface area contributed by atoms with Gasteiger partial charge in [0.15, 0.2) is 0 Å². The highest BCUT2D eigenvalue weighted by Gasteiger charge is 2.30. The molecule has 3 aromatic rings. The van der Waals surface area contributed by atoms with Gasteiger partial charge in [0, 0.05) is 36.5 Å². The van der Waals surface area contributed by atoms with E-state index in [-0.39, 0.29) is 23.8 Å². The summed E-state index contributed by atoms with van der Waals surface area (Å²) in [5, 5.41) is 9.88. The molecule has 0 atom stereocenters. The Kier molecular flexibility index (Phi) is 7.06. The Morgan fingerprint density at radius 1 is 1.09 bits per heavy atom. The first-order chi connectivity index (χ1) is 16.3. The average molecular weight is 474 g/mol. The molecule has 4 rings (SSSR count). The molecule has 1 amide bonds. The van der Waals surface area contributed by atoms with Crippen molar-refractivity contribution in [2.24, 2.45) is 4.99 Å². The van der Waals surface area contributed by atoms with Crippen molar-refractivity contribution in [2.75, 3.05) is 13.2 Å². The molecule has 1 fully saturated rings. The van der Waals surface area contributed by atoms with Crippen molar-refractivity contribution in [1.29, 1.82) is 0 Å². The fourth-order valence-corrected chi connectivity index (χ4v) is 3.57. The summed E-state index contributed by atoms with van der Waals surface area (Å²) in [5.74, 6) is -0.541. The summed E-state index contributed by atoms with van der Waals surface area (Å²) in [5.41, 5.74) is 1.25. The number of carbonyl (C=O) groups excluding carboxylic acids is 1. The highest BCUT2D eigenvalue weighted by Crippen LogP contribution is 2.29. The standard InChI is InChI=1S/C24H22F4N4O2/c25-18-7-3-15(4-8-18)21-13-20(31-32-21)14-22(29-19-9-11-34-12-10-19)30-23(33)16-1-5-17(6-2-16)24(26,27)28/h1-8,13,19H,9-12,14H2,(H,31,32)(H,29,30,33). The molecule has 1 aliphatic heterocycles. The summed E-state index contributed by atoms with van der Waals surface area (Å²) in [7, 11) is 0. The topological polar surface area (TPSA) is 79.4 Å². The van der Waals surface area contributed by atoms with E-state index in [1.54, 1.807) is 18.2 Å². The van der Waals surface area contributed by atoms with Gasteiger partial charge in [-0.1, -0.05) is 0 Å². The number of ether oxygens (including phenoxy) is 1. The quantitative estimate of drug-likeness (QED) is 0.317. The number of aliphatic imine (C=N–C) groups is 1. The summed E-state index contributed by atoms with van der Waals surface area (Å²) in [4.78, 5) is 17.4. The molecule has 2 heterocycles. The van der Waals surface area contributed by atoms with Gasteiger partial charge in [0.2, 0.25) is 0 Å². The van der Waals surface area contributed by atoms with Crippen molar-refractivity contribution in [2.45, 2.75) is 31.5 Å². The maximum atomic E-state index is 13.2. The summed E-state index contributed by atoms with van der Waals surface area (Å²) in [6.45, 7) is 1.13. The fourth-order valence-electron chi connectivity index (χ4n) is 3.57. The van der Waals surface area contributed by atoms with E-state index in [0.29, 0.717) is 43.3 Å². The summed E-state index contributed by atoms with van der Waals surface area (Å²) in [6, 6.07) is 11.6. The average Bonchev–Trinajstić information content (AvgIpc) is 3.28. The minimum Gasteiger partial charge on any atom is -0.381 e. The molecular weight excluding hydrogens is 452 g/mol. The van der Waals surface area contributed by atoms with Gasteiger partial charge in [0.05, 0.1) is 17.3 Å². The van der Waals surface area contributed by atoms with E-state index >= 15 is 0 Å². The number of aromatic nitrogens is 2. The lowest BCUT2D eigenvalue weighted by Crippen LogP contribution is -2.34. The maximum Gasteiger partial charge on any atom is 0.416 e. The monoisotopic (exact) mass is 474 g/mol. The number of rotatable bonds is 5. The summed E-state index contributed by atoms with van der Waals surface area (Å²) < 4.78 is 57.0. The first-order valence-corrected chi connectivity index (χ1v) is 10.7. The van der Waals surface area contributed by atoms with Crippen molar-refractivity contribution >= 4 is 11.7 Å². The second-order valence-electron chi connectivity index (χ2n) is 7.91. The Morgan fingerprint density at radius 2 is 1.76 bits per heavy atom. The van der Waals surface area contributed by atoms with E-state index < -0.39 is 17.6 Å². The number of hydrogen-bond acceptors (Lipinski definition) is 4. The Balaban J connectivity index is 1.52. The normalized spacial score (nSPS) is 15.4. The van der Waals surface area contributed by atoms with E-state index in [9.17, 15) is 22.4 Å². The predicted molar refractivity (Wildman–Crippen MR) is 118 cm³/mol. The van der Waals surface area contributed by atoms with Gasteiger partial charge in [0.1, 0.15) is 11.7 Å². The van der Waals surface area contributed by atoms with Gasteiger partial charge in [-0.3, -0.25) is 14.9 Å². The molecule has 1 saturated heterocycles. The van der Waals surface area contributed by atoms with Crippen LogP contribution in [0.3, 0.4) is 0 Å². The van der Waals surface area contributed by atoms with Crippen LogP contribution in [0.15, 0.2) is 59.6 Å². The van der Waals surface area contributed by atoms with E-state index in [0.717, 1.165) is 29.8 Å². The van der Waals surface area contributed by atoms with Gasteiger partial charge in [-0.15, -0.1) is 0 Å². The first-order valence-electron chi connectivity index (χ1n) is 10.7. The van der Waals surface area contributed by atoms with Crippen LogP contribution in [-0.2, 0) is 17.3 Å². The van der Waals surface area contributed by atoms with Crippen LogP contribution >= 0.6 is 0 Å². The lowest BCUT2D eigenvalue weighted by molar-refractivity contribution is -0.137. The molecule has 1 aliphatic rings. The zero-order valence-electron chi connectivity index (χ0n) is 18.0. The van der Waals surface area contributed by atoms with Crippen molar-refractivity contribution < 1.29 is 27.1 Å². The number of hydrogen-bond donors (Lipinski definition) is 2. The highest BCUT2D eigenvalue weighted by molar-refractivity contribution is 6.07. The Morgan fingerprint density at radius 3 is 2.41 bits per heavy atom. The van der Waals surface area contributed by atoms with Crippen LogP contribution in [0, 0.1) is 5.82 Å². The van der Waals surface area contributed by atoms with E-state index in [1.165, 1.54) is 12.1 Å². The lowest BCUT2D eigenvalue weighted by Gasteiger charge is -2.20. The Labute approximate surface area is 193 Å². The number of carbonyl (C=O) groups is 1. The number of amidine groups is 1. The second kappa shape index (κ2) is 10.2. The number of halogens is 4. The van der Waals surface area contributed by atoms with E-state index in [1.807, 2.05) is 0 Å². The minimum atomic E-state index is -4.48. The molecule has 0 unspecified atom stereocenters. The van der Waals surface area contributed by atoms with Crippen LogP contribution in [0.1, 0.15) is 34.5 Å². The Bertz CT molecular complexity index is 1150. The van der Waals surface area contributed by atoms with Gasteiger partial charge in [-0.2, -0.15) is 18.3 Å². The third kappa shape index (κ3) is 6.07. The predicted octanol–water partition coefficient (Wildman–Crippen LogP) is 4.78. The van der Waals surface area contributed by atoms with Gasteiger partial charge in [0.25, 0.3) is 5.91 Å². The number of amides is 1. The maximum absolute atomic E-state index is 13.2. The fraction of sp³-hybridized carbons (Fsp3) is 0.292. The molecule has 6 nitrogen and oxygen atoms in total. The number of alkyl halides is 3. The number of nitrogens with zero attached hydrogens (tertiary/aromatic N) is 2. The highest BCUT2D eigenvalue weighted by atomic mass is 19.4. The summed E-state index contributed by atoms with van der Waals surface area (Å²) >= 11 is 0. The van der Waals surface area contributed by atoms with Gasteiger partial charge in [-0.05, 0) is 67.4 Å². The molecule has 1 aromatic heterocycles. The van der Waals surface area contributed by atoms with Gasteiger partial charge < -0.3 is 10.1 Å². The molecule has 10 heteroatoms. The second-order valence-corrected chi connectivity index (χ2v) is 7.91. The Hall–Kier alpha value is -3.53. The molecule has 2 aromatic carbocycles. The molecule has 0 spiro atoms. The molecule has 178 valence electrons. The number of aromatic amines is 1. The van der Waals surface area contributed by atoms with Gasteiger partial charge >= 0.3 is 6.18 Å². The lowest BCUT2D eigenvalue weighted by atomic mass is 10.1. The van der Waals surface area contributed by atoms with Crippen LogP contribution in [0.5, 0.6) is 0 Å².